The fourth-order valence-corrected chi connectivity index (χ4v) is 4.06. The van der Waals surface area contributed by atoms with Gasteiger partial charge >= 0.3 is 0 Å². The number of nitrogens with one attached hydrogen (secondary N) is 1. The first kappa shape index (κ1) is 19.4. The van der Waals surface area contributed by atoms with Crippen LogP contribution in [0.4, 0.5) is 0 Å². The number of amides is 1. The SMILES string of the molecule is COCc1[nH]n2c(=O)cc([C@H]3CC(=O)N(CC(C)C)C3)nc2c1-c1ccccc1. The highest BCUT2D eigenvalue weighted by atomic mass is 16.5. The summed E-state index contributed by atoms with van der Waals surface area (Å²) in [5.41, 5.74) is 3.68. The van der Waals surface area contributed by atoms with E-state index in [1.807, 2.05) is 35.2 Å². The van der Waals surface area contributed by atoms with Crippen molar-refractivity contribution in [1.82, 2.24) is 19.5 Å². The summed E-state index contributed by atoms with van der Waals surface area (Å²) in [5.74, 6) is 0.469. The number of carbonyl (C=O) groups excluding carboxylic acids is 1. The second-order valence-electron chi connectivity index (χ2n) is 8.04. The molecular formula is C22H26N4O3. The van der Waals surface area contributed by atoms with Gasteiger partial charge in [0.1, 0.15) is 0 Å². The van der Waals surface area contributed by atoms with Crippen LogP contribution in [0.5, 0.6) is 0 Å². The Bertz CT molecular complexity index is 1080. The highest BCUT2D eigenvalue weighted by Crippen LogP contribution is 2.31. The predicted octanol–water partition coefficient (Wildman–Crippen LogP) is 2.81. The lowest BCUT2D eigenvalue weighted by atomic mass is 10.0. The maximum absolute atomic E-state index is 12.9. The quantitative estimate of drug-likeness (QED) is 0.697. The molecule has 4 rings (SSSR count). The lowest BCUT2D eigenvalue weighted by molar-refractivity contribution is -0.128. The van der Waals surface area contributed by atoms with Crippen LogP contribution < -0.4 is 5.56 Å². The number of nitrogens with zero attached hydrogens (tertiary/aromatic N) is 3. The molecule has 1 N–H and O–H groups in total. The molecule has 7 heteroatoms. The summed E-state index contributed by atoms with van der Waals surface area (Å²) >= 11 is 0. The maximum atomic E-state index is 12.9. The number of benzene rings is 1. The second kappa shape index (κ2) is 7.83. The van der Waals surface area contributed by atoms with E-state index in [-0.39, 0.29) is 17.4 Å². The summed E-state index contributed by atoms with van der Waals surface area (Å²) in [6.45, 7) is 5.87. The van der Waals surface area contributed by atoms with Crippen LogP contribution in [0.15, 0.2) is 41.2 Å². The molecule has 3 heterocycles. The molecule has 1 atom stereocenters. The van der Waals surface area contributed by atoms with E-state index in [4.69, 9.17) is 9.72 Å². The van der Waals surface area contributed by atoms with Crippen LogP contribution in [0, 0.1) is 5.92 Å². The molecule has 29 heavy (non-hydrogen) atoms. The van der Waals surface area contributed by atoms with Crippen molar-refractivity contribution in [1.29, 1.82) is 0 Å². The zero-order valence-electron chi connectivity index (χ0n) is 17.0. The third-order valence-electron chi connectivity index (χ3n) is 5.28. The van der Waals surface area contributed by atoms with Crippen LogP contribution in [0.2, 0.25) is 0 Å². The summed E-state index contributed by atoms with van der Waals surface area (Å²) in [7, 11) is 1.62. The predicted molar refractivity (Wildman–Crippen MR) is 111 cm³/mol. The Morgan fingerprint density at radius 1 is 1.24 bits per heavy atom. The third-order valence-corrected chi connectivity index (χ3v) is 5.28. The molecule has 0 bridgehead atoms. The monoisotopic (exact) mass is 394 g/mol. The Morgan fingerprint density at radius 2 is 2.00 bits per heavy atom. The number of H-pyrrole nitrogens is 1. The zero-order chi connectivity index (χ0) is 20.5. The van der Waals surface area contributed by atoms with Crippen molar-refractivity contribution >= 4 is 11.6 Å². The summed E-state index contributed by atoms with van der Waals surface area (Å²) in [6, 6.07) is 11.4. The average Bonchev–Trinajstić information content (AvgIpc) is 3.23. The van der Waals surface area contributed by atoms with Gasteiger partial charge in [-0.15, -0.1) is 0 Å². The second-order valence-corrected chi connectivity index (χ2v) is 8.04. The molecule has 3 aromatic rings. The summed E-state index contributed by atoms with van der Waals surface area (Å²) < 4.78 is 6.79. The average molecular weight is 394 g/mol. The van der Waals surface area contributed by atoms with Gasteiger partial charge < -0.3 is 9.64 Å². The van der Waals surface area contributed by atoms with Gasteiger partial charge in [-0.1, -0.05) is 44.2 Å². The van der Waals surface area contributed by atoms with E-state index >= 15 is 0 Å². The van der Waals surface area contributed by atoms with Crippen LogP contribution in [0.1, 0.15) is 37.6 Å². The van der Waals surface area contributed by atoms with Gasteiger partial charge in [-0.3, -0.25) is 14.7 Å². The number of hydrogen-bond acceptors (Lipinski definition) is 4. The molecule has 2 aromatic heterocycles. The van der Waals surface area contributed by atoms with Crippen molar-refractivity contribution in [3.63, 3.8) is 0 Å². The van der Waals surface area contributed by atoms with Gasteiger partial charge in [0.05, 0.1) is 18.0 Å². The van der Waals surface area contributed by atoms with Crippen LogP contribution in [0.25, 0.3) is 16.8 Å². The Labute approximate surface area is 169 Å². The molecule has 0 spiro atoms. The van der Waals surface area contributed by atoms with Crippen molar-refractivity contribution in [3.05, 3.63) is 58.1 Å². The third kappa shape index (κ3) is 3.70. The summed E-state index contributed by atoms with van der Waals surface area (Å²) in [5, 5.41) is 3.13. The van der Waals surface area contributed by atoms with E-state index in [1.54, 1.807) is 13.2 Å². The molecule has 0 radical (unpaired) electrons. The highest BCUT2D eigenvalue weighted by molar-refractivity contribution is 5.81. The molecule has 1 aromatic carbocycles. The van der Waals surface area contributed by atoms with E-state index in [0.717, 1.165) is 23.4 Å². The minimum absolute atomic E-state index is 0.0663. The number of aromatic nitrogens is 3. The smallest absolute Gasteiger partial charge is 0.272 e. The van der Waals surface area contributed by atoms with Crippen molar-refractivity contribution < 1.29 is 9.53 Å². The number of hydrogen-bond donors (Lipinski definition) is 1. The minimum Gasteiger partial charge on any atom is -0.378 e. The minimum atomic E-state index is -0.181. The molecule has 152 valence electrons. The Balaban J connectivity index is 1.80. The number of carbonyl (C=O) groups is 1. The topological polar surface area (TPSA) is 79.7 Å². The molecule has 1 aliphatic heterocycles. The van der Waals surface area contributed by atoms with Crippen molar-refractivity contribution in [2.75, 3.05) is 20.2 Å². The largest absolute Gasteiger partial charge is 0.378 e. The molecule has 1 aliphatic rings. The first-order valence-corrected chi connectivity index (χ1v) is 9.94. The Kier molecular flexibility index (Phi) is 5.24. The number of rotatable bonds is 6. The van der Waals surface area contributed by atoms with Gasteiger partial charge in [-0.05, 0) is 11.5 Å². The van der Waals surface area contributed by atoms with Crippen molar-refractivity contribution in [3.8, 4) is 11.1 Å². The van der Waals surface area contributed by atoms with Gasteiger partial charge in [0.25, 0.3) is 5.56 Å². The van der Waals surface area contributed by atoms with E-state index < -0.39 is 0 Å². The molecule has 0 saturated carbocycles. The fourth-order valence-electron chi connectivity index (χ4n) is 4.06. The maximum Gasteiger partial charge on any atom is 0.272 e. The van der Waals surface area contributed by atoms with Crippen molar-refractivity contribution in [2.24, 2.45) is 5.92 Å². The lowest BCUT2D eigenvalue weighted by Crippen LogP contribution is -2.29. The molecule has 0 aliphatic carbocycles. The zero-order valence-corrected chi connectivity index (χ0v) is 17.0. The van der Waals surface area contributed by atoms with E-state index in [0.29, 0.717) is 36.8 Å². The first-order chi connectivity index (χ1) is 14.0. The Morgan fingerprint density at radius 3 is 2.69 bits per heavy atom. The van der Waals surface area contributed by atoms with Gasteiger partial charge in [0, 0.05) is 44.2 Å². The summed E-state index contributed by atoms with van der Waals surface area (Å²) in [4.78, 5) is 32.0. The fraction of sp³-hybridized carbons (Fsp3) is 0.409. The van der Waals surface area contributed by atoms with Crippen molar-refractivity contribution in [2.45, 2.75) is 32.8 Å². The normalized spacial score (nSPS) is 17.0. The Hall–Kier alpha value is -2.93. The number of aromatic amines is 1. The van der Waals surface area contributed by atoms with E-state index in [1.165, 1.54) is 4.52 Å². The van der Waals surface area contributed by atoms with E-state index in [9.17, 15) is 9.59 Å². The van der Waals surface area contributed by atoms with Crippen LogP contribution >= 0.6 is 0 Å². The number of methoxy groups -OCH3 is 1. The molecule has 1 fully saturated rings. The highest BCUT2D eigenvalue weighted by Gasteiger charge is 2.32. The first-order valence-electron chi connectivity index (χ1n) is 9.94. The molecular weight excluding hydrogens is 368 g/mol. The van der Waals surface area contributed by atoms with Gasteiger partial charge in [-0.25, -0.2) is 9.50 Å². The number of ether oxygens (including phenoxy) is 1. The molecule has 0 unspecified atom stereocenters. The molecule has 1 saturated heterocycles. The standard InChI is InChI=1S/C22H26N4O3/c1-14(2)11-25-12-16(9-19(25)27)17-10-20(28)26-22(23-17)21(18(24-26)13-29-3)15-7-5-4-6-8-15/h4-8,10,14,16,24H,9,11-13H2,1-3H3/t16-/m0/s1. The molecule has 1 amide bonds. The van der Waals surface area contributed by atoms with Gasteiger partial charge in [-0.2, -0.15) is 0 Å². The number of fused-ring (bicyclic) bond motifs is 1. The van der Waals surface area contributed by atoms with Gasteiger partial charge in [0.2, 0.25) is 5.91 Å². The van der Waals surface area contributed by atoms with Crippen LogP contribution in [-0.2, 0) is 16.1 Å². The van der Waals surface area contributed by atoms with Gasteiger partial charge in [0.15, 0.2) is 5.65 Å². The number of likely N-dealkylation sites (tertiary alicyclic amines) is 1. The van der Waals surface area contributed by atoms with Crippen LogP contribution in [0.3, 0.4) is 0 Å². The molecule has 7 nitrogen and oxygen atoms in total. The van der Waals surface area contributed by atoms with E-state index in [2.05, 4.69) is 18.9 Å². The van der Waals surface area contributed by atoms with Crippen LogP contribution in [-0.4, -0.2) is 45.6 Å². The summed E-state index contributed by atoms with van der Waals surface area (Å²) in [6.07, 6.45) is 0.394. The lowest BCUT2D eigenvalue weighted by Gasteiger charge is -2.18.